The second kappa shape index (κ2) is 13.4. The van der Waals surface area contributed by atoms with Gasteiger partial charge < -0.3 is 20.4 Å². The molecule has 0 aromatic heterocycles. The predicted molar refractivity (Wildman–Crippen MR) is 162 cm³/mol. The van der Waals surface area contributed by atoms with Gasteiger partial charge in [-0.15, -0.1) is 0 Å². The maximum Gasteiger partial charge on any atom is 0.246 e. The van der Waals surface area contributed by atoms with Gasteiger partial charge in [0, 0.05) is 38.9 Å². The van der Waals surface area contributed by atoms with Crippen molar-refractivity contribution < 1.29 is 23.6 Å². The van der Waals surface area contributed by atoms with E-state index >= 15 is 0 Å². The Morgan fingerprint density at radius 1 is 0.930 bits per heavy atom. The van der Waals surface area contributed by atoms with E-state index in [2.05, 4.69) is 16.7 Å². The van der Waals surface area contributed by atoms with E-state index in [4.69, 9.17) is 0 Å². The molecule has 1 heterocycles. The van der Waals surface area contributed by atoms with Gasteiger partial charge in [-0.2, -0.15) is 0 Å². The number of halogens is 1. The van der Waals surface area contributed by atoms with Crippen molar-refractivity contribution in [3.05, 3.63) is 83.7 Å². The highest BCUT2D eigenvalue weighted by Gasteiger charge is 2.43. The molecule has 43 heavy (non-hydrogen) atoms. The van der Waals surface area contributed by atoms with Gasteiger partial charge in [-0.25, -0.2) is 4.39 Å². The van der Waals surface area contributed by atoms with Crippen LogP contribution in [0.25, 0.3) is 10.8 Å². The van der Waals surface area contributed by atoms with Gasteiger partial charge in [-0.1, -0.05) is 67.9 Å². The number of fused-ring (bicyclic) bond motifs is 1. The van der Waals surface area contributed by atoms with E-state index in [0.29, 0.717) is 24.8 Å². The van der Waals surface area contributed by atoms with Gasteiger partial charge in [-0.3, -0.25) is 19.2 Å². The molecule has 1 aliphatic carbocycles. The van der Waals surface area contributed by atoms with Crippen LogP contribution in [0, 0.1) is 5.82 Å². The SMILES string of the molecule is CCC[C@H]1C(=O)N([C@@H](Cc2ccc3ccccc3c2)C(=O)NC2CC2)CCN1C(=O)[C@@H](Cc1ccc(F)cc1)NC(C)=O. The fraction of sp³-hybridized carbons (Fsp3) is 0.412. The van der Waals surface area contributed by atoms with Crippen molar-refractivity contribution >= 4 is 34.4 Å². The molecular formula is C34H39FN4O4. The van der Waals surface area contributed by atoms with Crippen molar-refractivity contribution in [2.75, 3.05) is 13.1 Å². The number of nitrogens with one attached hydrogen (secondary N) is 2. The first kappa shape index (κ1) is 30.2. The first-order chi connectivity index (χ1) is 20.7. The zero-order chi connectivity index (χ0) is 30.5. The molecule has 226 valence electrons. The summed E-state index contributed by atoms with van der Waals surface area (Å²) in [7, 11) is 0. The molecule has 3 atom stereocenters. The molecule has 0 radical (unpaired) electrons. The van der Waals surface area contributed by atoms with E-state index in [9.17, 15) is 23.6 Å². The van der Waals surface area contributed by atoms with Crippen molar-refractivity contribution in [2.45, 2.75) is 76.5 Å². The summed E-state index contributed by atoms with van der Waals surface area (Å²) in [5, 5.41) is 8.00. The second-order valence-corrected chi connectivity index (χ2v) is 11.6. The van der Waals surface area contributed by atoms with Crippen molar-refractivity contribution in [1.29, 1.82) is 0 Å². The maximum atomic E-state index is 14.1. The number of benzene rings is 3. The van der Waals surface area contributed by atoms with E-state index in [0.717, 1.165) is 29.2 Å². The van der Waals surface area contributed by atoms with Crippen LogP contribution in [-0.4, -0.2) is 70.7 Å². The standard InChI is InChI=1S/C34H39FN4O4/c1-3-6-30-34(43)39(18-17-38(30)33(42)29(36-22(2)40)20-23-10-13-27(35)14-11-23)31(32(41)37-28-15-16-28)21-24-9-12-25-7-4-5-8-26(25)19-24/h4-5,7-14,19,28-31H,3,6,15-18,20-21H2,1-2H3,(H,36,40)(H,37,41)/t29-,30+,31+/m1/s1. The van der Waals surface area contributed by atoms with Crippen LogP contribution >= 0.6 is 0 Å². The Hall–Kier alpha value is -4.27. The molecular weight excluding hydrogens is 547 g/mol. The summed E-state index contributed by atoms with van der Waals surface area (Å²) in [6.45, 7) is 3.72. The topological polar surface area (TPSA) is 98.8 Å². The Balaban J connectivity index is 1.39. The average molecular weight is 587 g/mol. The highest BCUT2D eigenvalue weighted by atomic mass is 19.1. The summed E-state index contributed by atoms with van der Waals surface area (Å²) < 4.78 is 13.5. The second-order valence-electron chi connectivity index (χ2n) is 11.6. The summed E-state index contributed by atoms with van der Waals surface area (Å²) in [5.74, 6) is -1.56. The molecule has 2 aliphatic rings. The maximum absolute atomic E-state index is 14.1. The molecule has 2 N–H and O–H groups in total. The van der Waals surface area contributed by atoms with Crippen LogP contribution in [0.5, 0.6) is 0 Å². The third-order valence-corrected chi connectivity index (χ3v) is 8.25. The molecule has 3 aromatic carbocycles. The van der Waals surface area contributed by atoms with Crippen LogP contribution in [0.2, 0.25) is 0 Å². The number of piperazine rings is 1. The minimum absolute atomic E-state index is 0.140. The lowest BCUT2D eigenvalue weighted by atomic mass is 9.96. The summed E-state index contributed by atoms with van der Waals surface area (Å²) in [6.07, 6.45) is 3.47. The van der Waals surface area contributed by atoms with Crippen LogP contribution in [0.1, 0.15) is 50.7 Å². The van der Waals surface area contributed by atoms with Crippen molar-refractivity contribution in [3.8, 4) is 0 Å². The lowest BCUT2D eigenvalue weighted by molar-refractivity contribution is -0.157. The third-order valence-electron chi connectivity index (χ3n) is 8.25. The largest absolute Gasteiger partial charge is 0.352 e. The Morgan fingerprint density at radius 2 is 1.63 bits per heavy atom. The van der Waals surface area contributed by atoms with E-state index in [-0.39, 0.29) is 55.0 Å². The van der Waals surface area contributed by atoms with E-state index in [1.165, 1.54) is 19.1 Å². The highest BCUT2D eigenvalue weighted by Crippen LogP contribution is 2.25. The summed E-state index contributed by atoms with van der Waals surface area (Å²) in [5.41, 5.74) is 1.65. The van der Waals surface area contributed by atoms with E-state index in [1.54, 1.807) is 21.9 Å². The van der Waals surface area contributed by atoms with E-state index in [1.807, 2.05) is 43.3 Å². The molecule has 1 aliphatic heterocycles. The monoisotopic (exact) mass is 586 g/mol. The van der Waals surface area contributed by atoms with Gasteiger partial charge in [0.2, 0.25) is 23.6 Å². The number of hydrogen-bond acceptors (Lipinski definition) is 4. The van der Waals surface area contributed by atoms with Crippen molar-refractivity contribution in [2.24, 2.45) is 0 Å². The van der Waals surface area contributed by atoms with Gasteiger partial charge in [0.05, 0.1) is 0 Å². The quantitative estimate of drug-likeness (QED) is 0.358. The molecule has 0 bridgehead atoms. The van der Waals surface area contributed by atoms with Crippen LogP contribution in [-0.2, 0) is 32.0 Å². The van der Waals surface area contributed by atoms with Crippen molar-refractivity contribution in [1.82, 2.24) is 20.4 Å². The van der Waals surface area contributed by atoms with Gasteiger partial charge in [0.25, 0.3) is 0 Å². The lowest BCUT2D eigenvalue weighted by Gasteiger charge is -2.44. The molecule has 8 nitrogen and oxygen atoms in total. The minimum Gasteiger partial charge on any atom is -0.352 e. The highest BCUT2D eigenvalue weighted by molar-refractivity contribution is 5.95. The molecule has 1 saturated carbocycles. The molecule has 4 amide bonds. The van der Waals surface area contributed by atoms with Gasteiger partial charge in [0.15, 0.2) is 0 Å². The Bertz CT molecular complexity index is 1490. The Morgan fingerprint density at radius 3 is 2.30 bits per heavy atom. The molecule has 2 fully saturated rings. The van der Waals surface area contributed by atoms with Gasteiger partial charge in [-0.05, 0) is 53.3 Å². The van der Waals surface area contributed by atoms with Crippen LogP contribution in [0.3, 0.4) is 0 Å². The van der Waals surface area contributed by atoms with Crippen LogP contribution < -0.4 is 10.6 Å². The number of hydrogen-bond donors (Lipinski definition) is 2. The first-order valence-corrected chi connectivity index (χ1v) is 15.1. The molecule has 1 saturated heterocycles. The van der Waals surface area contributed by atoms with Gasteiger partial charge in [0.1, 0.15) is 23.9 Å². The third kappa shape index (κ3) is 7.39. The van der Waals surface area contributed by atoms with Crippen LogP contribution in [0.15, 0.2) is 66.7 Å². The zero-order valence-corrected chi connectivity index (χ0v) is 24.7. The Labute approximate surface area is 251 Å². The summed E-state index contributed by atoms with van der Waals surface area (Å²) in [4.78, 5) is 56.9. The molecule has 5 rings (SSSR count). The molecule has 9 heteroatoms. The Kier molecular flexibility index (Phi) is 9.38. The number of carbonyl (C=O) groups excluding carboxylic acids is 4. The molecule has 3 aromatic rings. The number of nitrogens with zero attached hydrogens (tertiary/aromatic N) is 2. The first-order valence-electron chi connectivity index (χ1n) is 15.1. The predicted octanol–water partition coefficient (Wildman–Crippen LogP) is 3.76. The fourth-order valence-electron chi connectivity index (χ4n) is 5.89. The molecule has 0 unspecified atom stereocenters. The fourth-order valence-corrected chi connectivity index (χ4v) is 5.89. The summed E-state index contributed by atoms with van der Waals surface area (Å²) >= 11 is 0. The van der Waals surface area contributed by atoms with Gasteiger partial charge >= 0.3 is 0 Å². The summed E-state index contributed by atoms with van der Waals surface area (Å²) in [6, 6.07) is 17.7. The normalized spacial score (nSPS) is 18.3. The lowest BCUT2D eigenvalue weighted by Crippen LogP contribution is -2.65. The van der Waals surface area contributed by atoms with E-state index < -0.39 is 18.1 Å². The zero-order valence-electron chi connectivity index (χ0n) is 24.7. The number of amides is 4. The number of carbonyl (C=O) groups is 4. The minimum atomic E-state index is -0.909. The number of rotatable bonds is 11. The van der Waals surface area contributed by atoms with Crippen LogP contribution in [0.4, 0.5) is 4.39 Å². The molecule has 0 spiro atoms. The smallest absolute Gasteiger partial charge is 0.246 e. The average Bonchev–Trinajstić information content (AvgIpc) is 3.81. The van der Waals surface area contributed by atoms with Crippen molar-refractivity contribution in [3.63, 3.8) is 0 Å².